The van der Waals surface area contributed by atoms with Crippen LogP contribution >= 0.6 is 0 Å². The Balaban J connectivity index is 1.75. The Bertz CT molecular complexity index is 388. The quantitative estimate of drug-likeness (QED) is 0.844. The highest BCUT2D eigenvalue weighted by molar-refractivity contribution is 5.93. The highest BCUT2D eigenvalue weighted by Crippen LogP contribution is 2.19. The third-order valence-electron chi connectivity index (χ3n) is 3.59. The zero-order chi connectivity index (χ0) is 13.5. The molecular formula is C14H22N4O. The first-order chi connectivity index (χ1) is 9.29. The van der Waals surface area contributed by atoms with Crippen molar-refractivity contribution >= 4 is 5.91 Å². The number of amides is 1. The van der Waals surface area contributed by atoms with Crippen LogP contribution in [0.5, 0.6) is 0 Å². The van der Waals surface area contributed by atoms with Crippen LogP contribution in [0.25, 0.3) is 0 Å². The maximum absolute atomic E-state index is 12.0. The summed E-state index contributed by atoms with van der Waals surface area (Å²) >= 11 is 0. The van der Waals surface area contributed by atoms with Gasteiger partial charge in [-0.15, -0.1) is 0 Å². The fraction of sp³-hybridized carbons (Fsp3) is 0.643. The summed E-state index contributed by atoms with van der Waals surface area (Å²) in [6, 6.07) is 2.60. The molecule has 0 atom stereocenters. The number of rotatable bonds is 5. The van der Waals surface area contributed by atoms with Gasteiger partial charge in [-0.1, -0.05) is 6.92 Å². The van der Waals surface area contributed by atoms with Crippen LogP contribution in [0.1, 0.15) is 49.4 Å². The van der Waals surface area contributed by atoms with Crippen molar-refractivity contribution in [2.75, 3.05) is 6.54 Å². The Morgan fingerprint density at radius 2 is 2.00 bits per heavy atom. The van der Waals surface area contributed by atoms with E-state index in [0.29, 0.717) is 17.6 Å². The van der Waals surface area contributed by atoms with Gasteiger partial charge < -0.3 is 10.6 Å². The molecule has 5 nitrogen and oxygen atoms in total. The van der Waals surface area contributed by atoms with Crippen molar-refractivity contribution in [1.82, 2.24) is 20.8 Å². The SMILES string of the molecule is CCCNC1CCC(NC(=O)c2ccnnc2)CC1. The second kappa shape index (κ2) is 7.19. The molecule has 1 saturated carbocycles. The van der Waals surface area contributed by atoms with Crippen molar-refractivity contribution in [1.29, 1.82) is 0 Å². The summed E-state index contributed by atoms with van der Waals surface area (Å²) < 4.78 is 0. The molecule has 0 saturated heterocycles. The second-order valence-corrected chi connectivity index (χ2v) is 5.11. The normalized spacial score (nSPS) is 23.0. The van der Waals surface area contributed by atoms with Gasteiger partial charge in [0.1, 0.15) is 0 Å². The zero-order valence-electron chi connectivity index (χ0n) is 11.4. The summed E-state index contributed by atoms with van der Waals surface area (Å²) in [7, 11) is 0. The third-order valence-corrected chi connectivity index (χ3v) is 3.59. The van der Waals surface area contributed by atoms with Gasteiger partial charge >= 0.3 is 0 Å². The molecule has 0 aromatic carbocycles. The highest BCUT2D eigenvalue weighted by Gasteiger charge is 2.22. The average Bonchev–Trinajstić information content (AvgIpc) is 2.47. The molecule has 1 fully saturated rings. The lowest BCUT2D eigenvalue weighted by atomic mass is 9.91. The lowest BCUT2D eigenvalue weighted by Gasteiger charge is -2.29. The van der Waals surface area contributed by atoms with Gasteiger partial charge in [-0.2, -0.15) is 10.2 Å². The highest BCUT2D eigenvalue weighted by atomic mass is 16.1. The monoisotopic (exact) mass is 262 g/mol. The van der Waals surface area contributed by atoms with Crippen LogP contribution in [0.2, 0.25) is 0 Å². The van der Waals surface area contributed by atoms with E-state index in [1.807, 2.05) is 0 Å². The van der Waals surface area contributed by atoms with E-state index in [1.54, 1.807) is 12.3 Å². The molecule has 1 aliphatic rings. The lowest BCUT2D eigenvalue weighted by molar-refractivity contribution is 0.0923. The van der Waals surface area contributed by atoms with E-state index < -0.39 is 0 Å². The third kappa shape index (κ3) is 4.28. The van der Waals surface area contributed by atoms with Gasteiger partial charge in [0.2, 0.25) is 0 Å². The number of hydrogen-bond donors (Lipinski definition) is 2. The summed E-state index contributed by atoms with van der Waals surface area (Å²) in [5.74, 6) is -0.0418. The largest absolute Gasteiger partial charge is 0.349 e. The number of carbonyl (C=O) groups is 1. The minimum Gasteiger partial charge on any atom is -0.349 e. The molecule has 0 radical (unpaired) electrons. The number of nitrogens with zero attached hydrogens (tertiary/aromatic N) is 2. The van der Waals surface area contributed by atoms with Crippen molar-refractivity contribution in [3.05, 3.63) is 24.0 Å². The first kappa shape index (κ1) is 13.9. The topological polar surface area (TPSA) is 66.9 Å². The van der Waals surface area contributed by atoms with Crippen LogP contribution in [0, 0.1) is 0 Å². The van der Waals surface area contributed by atoms with Crippen LogP contribution in [-0.4, -0.2) is 34.7 Å². The maximum Gasteiger partial charge on any atom is 0.253 e. The van der Waals surface area contributed by atoms with E-state index >= 15 is 0 Å². The first-order valence-electron chi connectivity index (χ1n) is 7.10. The number of aromatic nitrogens is 2. The molecule has 1 amide bonds. The molecule has 0 bridgehead atoms. The standard InChI is InChI=1S/C14H22N4O/c1-2-8-15-12-3-5-13(6-4-12)18-14(19)11-7-9-16-17-10-11/h7,9-10,12-13,15H,2-6,8H2,1H3,(H,18,19). The number of carbonyl (C=O) groups excluding carboxylic acids is 1. The summed E-state index contributed by atoms with van der Waals surface area (Å²) in [6.45, 7) is 3.27. The van der Waals surface area contributed by atoms with Crippen molar-refractivity contribution in [3.8, 4) is 0 Å². The van der Waals surface area contributed by atoms with E-state index in [2.05, 4.69) is 27.8 Å². The predicted molar refractivity (Wildman–Crippen MR) is 73.8 cm³/mol. The molecule has 1 aliphatic carbocycles. The molecule has 0 spiro atoms. The Kier molecular flexibility index (Phi) is 5.27. The van der Waals surface area contributed by atoms with Crippen molar-refractivity contribution in [2.45, 2.75) is 51.1 Å². The van der Waals surface area contributed by atoms with Gasteiger partial charge in [0, 0.05) is 12.1 Å². The van der Waals surface area contributed by atoms with Gasteiger partial charge in [-0.25, -0.2) is 0 Å². The molecule has 1 aromatic heterocycles. The average molecular weight is 262 g/mol. The van der Waals surface area contributed by atoms with E-state index in [4.69, 9.17) is 0 Å². The van der Waals surface area contributed by atoms with E-state index in [-0.39, 0.29) is 5.91 Å². The molecule has 0 aliphatic heterocycles. The van der Waals surface area contributed by atoms with Crippen molar-refractivity contribution in [3.63, 3.8) is 0 Å². The van der Waals surface area contributed by atoms with Crippen LogP contribution in [0.15, 0.2) is 18.5 Å². The molecule has 2 rings (SSSR count). The summed E-state index contributed by atoms with van der Waals surface area (Å²) in [5, 5.41) is 14.0. The maximum atomic E-state index is 12.0. The first-order valence-corrected chi connectivity index (χ1v) is 7.10. The van der Waals surface area contributed by atoms with Crippen molar-refractivity contribution in [2.24, 2.45) is 0 Å². The molecule has 19 heavy (non-hydrogen) atoms. The van der Waals surface area contributed by atoms with Gasteiger partial charge in [0.25, 0.3) is 5.91 Å². The lowest BCUT2D eigenvalue weighted by Crippen LogP contribution is -2.42. The van der Waals surface area contributed by atoms with Gasteiger partial charge in [0.15, 0.2) is 0 Å². The van der Waals surface area contributed by atoms with E-state index in [1.165, 1.54) is 12.6 Å². The fourth-order valence-electron chi connectivity index (χ4n) is 2.48. The molecule has 1 aromatic rings. The molecule has 5 heteroatoms. The van der Waals surface area contributed by atoms with E-state index in [9.17, 15) is 4.79 Å². The number of hydrogen-bond acceptors (Lipinski definition) is 4. The molecule has 1 heterocycles. The predicted octanol–water partition coefficient (Wildman–Crippen LogP) is 1.52. The molecule has 104 valence electrons. The summed E-state index contributed by atoms with van der Waals surface area (Å²) in [4.78, 5) is 12.0. The minimum atomic E-state index is -0.0418. The Labute approximate surface area is 114 Å². The molecular weight excluding hydrogens is 240 g/mol. The van der Waals surface area contributed by atoms with Gasteiger partial charge in [-0.3, -0.25) is 4.79 Å². The fourth-order valence-corrected chi connectivity index (χ4v) is 2.48. The smallest absolute Gasteiger partial charge is 0.253 e. The Morgan fingerprint density at radius 3 is 2.63 bits per heavy atom. The number of nitrogens with one attached hydrogen (secondary N) is 2. The van der Waals surface area contributed by atoms with Crippen LogP contribution < -0.4 is 10.6 Å². The molecule has 0 unspecified atom stereocenters. The van der Waals surface area contributed by atoms with Crippen molar-refractivity contribution < 1.29 is 4.79 Å². The minimum absolute atomic E-state index is 0.0418. The van der Waals surface area contributed by atoms with Crippen LogP contribution in [0.4, 0.5) is 0 Å². The Hall–Kier alpha value is -1.49. The van der Waals surface area contributed by atoms with Gasteiger partial charge in [0.05, 0.1) is 18.0 Å². The molecule has 2 N–H and O–H groups in total. The van der Waals surface area contributed by atoms with Gasteiger partial charge in [-0.05, 0) is 44.7 Å². The second-order valence-electron chi connectivity index (χ2n) is 5.11. The zero-order valence-corrected chi connectivity index (χ0v) is 11.4. The van der Waals surface area contributed by atoms with Crippen LogP contribution in [-0.2, 0) is 0 Å². The van der Waals surface area contributed by atoms with Crippen LogP contribution in [0.3, 0.4) is 0 Å². The Morgan fingerprint density at radius 1 is 1.26 bits per heavy atom. The van der Waals surface area contributed by atoms with E-state index in [0.717, 1.165) is 32.2 Å². The summed E-state index contributed by atoms with van der Waals surface area (Å²) in [5.41, 5.74) is 0.584. The summed E-state index contributed by atoms with van der Waals surface area (Å²) in [6.07, 6.45) is 8.59.